The Morgan fingerprint density at radius 1 is 1.44 bits per heavy atom. The summed E-state index contributed by atoms with van der Waals surface area (Å²) >= 11 is 0. The van der Waals surface area contributed by atoms with Gasteiger partial charge in [0.25, 0.3) is 0 Å². The van der Waals surface area contributed by atoms with Gasteiger partial charge in [0.1, 0.15) is 5.82 Å². The molecule has 0 spiro atoms. The summed E-state index contributed by atoms with van der Waals surface area (Å²) in [7, 11) is 0. The number of rotatable bonds is 2. The Bertz CT molecular complexity index is 356. The predicted molar refractivity (Wildman–Crippen MR) is 61.5 cm³/mol. The van der Waals surface area contributed by atoms with Crippen molar-refractivity contribution in [2.45, 2.75) is 26.0 Å². The van der Waals surface area contributed by atoms with Gasteiger partial charge in [0.05, 0.1) is 6.10 Å². The Morgan fingerprint density at radius 3 is 2.88 bits per heavy atom. The van der Waals surface area contributed by atoms with Crippen LogP contribution in [-0.2, 0) is 6.54 Å². The summed E-state index contributed by atoms with van der Waals surface area (Å²) < 4.78 is 13.4. The van der Waals surface area contributed by atoms with Crippen molar-refractivity contribution in [2.75, 3.05) is 13.1 Å². The van der Waals surface area contributed by atoms with Crippen LogP contribution in [0.1, 0.15) is 18.9 Å². The highest BCUT2D eigenvalue weighted by Crippen LogP contribution is 2.19. The van der Waals surface area contributed by atoms with E-state index in [0.717, 1.165) is 25.1 Å². The Hall–Kier alpha value is -0.930. The minimum atomic E-state index is -0.197. The highest BCUT2D eigenvalue weighted by Gasteiger charge is 2.24. The molecule has 0 aromatic heterocycles. The molecule has 1 saturated heterocycles. The largest absolute Gasteiger partial charge is 0.393 e. The van der Waals surface area contributed by atoms with Gasteiger partial charge >= 0.3 is 0 Å². The Kier molecular flexibility index (Phi) is 3.56. The van der Waals surface area contributed by atoms with Crippen LogP contribution in [-0.4, -0.2) is 29.2 Å². The van der Waals surface area contributed by atoms with Gasteiger partial charge < -0.3 is 5.11 Å². The minimum absolute atomic E-state index is 0.138. The zero-order chi connectivity index (χ0) is 11.5. The normalized spacial score (nSPS) is 26.9. The predicted octanol–water partition coefficient (Wildman–Crippen LogP) is 2.03. The molecule has 2 nitrogen and oxygen atoms in total. The summed E-state index contributed by atoms with van der Waals surface area (Å²) in [5, 5.41) is 9.62. The van der Waals surface area contributed by atoms with Gasteiger partial charge in [-0.2, -0.15) is 0 Å². The van der Waals surface area contributed by atoms with Gasteiger partial charge in [0.2, 0.25) is 0 Å². The van der Waals surface area contributed by atoms with Crippen molar-refractivity contribution in [1.29, 1.82) is 0 Å². The topological polar surface area (TPSA) is 23.5 Å². The van der Waals surface area contributed by atoms with E-state index in [1.165, 1.54) is 6.07 Å². The second kappa shape index (κ2) is 4.93. The second-order valence-electron chi connectivity index (χ2n) is 4.66. The lowest BCUT2D eigenvalue weighted by Crippen LogP contribution is -2.41. The number of piperidine rings is 1. The summed E-state index contributed by atoms with van der Waals surface area (Å²) in [5.41, 5.74) is 0.742. The van der Waals surface area contributed by atoms with Gasteiger partial charge in [0, 0.05) is 25.2 Å². The standard InChI is InChI=1S/C13H18FNO/c1-10-8-15(7-6-13(10)16)9-11-4-2-3-5-12(11)14/h2-5,10,13,16H,6-9H2,1H3/t10-,13-/m0/s1. The van der Waals surface area contributed by atoms with Crippen molar-refractivity contribution >= 4 is 0 Å². The fraction of sp³-hybridized carbons (Fsp3) is 0.538. The van der Waals surface area contributed by atoms with Crippen LogP contribution in [0.15, 0.2) is 24.3 Å². The molecule has 1 N–H and O–H groups in total. The molecule has 0 radical (unpaired) electrons. The molecule has 0 saturated carbocycles. The number of aliphatic hydroxyl groups excluding tert-OH is 1. The third-order valence-electron chi connectivity index (χ3n) is 3.30. The molecule has 0 amide bonds. The molecule has 1 fully saturated rings. The monoisotopic (exact) mass is 223 g/mol. The zero-order valence-corrected chi connectivity index (χ0v) is 9.56. The van der Waals surface area contributed by atoms with Crippen molar-refractivity contribution in [3.63, 3.8) is 0 Å². The number of halogens is 1. The van der Waals surface area contributed by atoms with E-state index in [-0.39, 0.29) is 17.8 Å². The second-order valence-corrected chi connectivity index (χ2v) is 4.66. The molecule has 3 heteroatoms. The van der Waals surface area contributed by atoms with E-state index in [2.05, 4.69) is 4.90 Å². The first kappa shape index (κ1) is 11.6. The highest BCUT2D eigenvalue weighted by molar-refractivity contribution is 5.17. The van der Waals surface area contributed by atoms with E-state index in [4.69, 9.17) is 0 Å². The number of benzene rings is 1. The third kappa shape index (κ3) is 2.60. The lowest BCUT2D eigenvalue weighted by atomic mass is 9.96. The molecule has 88 valence electrons. The molecule has 2 atom stereocenters. The molecular weight excluding hydrogens is 205 g/mol. The van der Waals surface area contributed by atoms with Crippen molar-refractivity contribution in [1.82, 2.24) is 4.90 Å². The average molecular weight is 223 g/mol. The van der Waals surface area contributed by atoms with Crippen LogP contribution in [0.4, 0.5) is 4.39 Å². The molecule has 0 unspecified atom stereocenters. The Labute approximate surface area is 95.7 Å². The van der Waals surface area contributed by atoms with E-state index in [0.29, 0.717) is 6.54 Å². The fourth-order valence-electron chi connectivity index (χ4n) is 2.23. The minimum Gasteiger partial charge on any atom is -0.393 e. The molecule has 1 aliphatic rings. The lowest BCUT2D eigenvalue weighted by Gasteiger charge is -2.34. The van der Waals surface area contributed by atoms with Crippen LogP contribution in [0.5, 0.6) is 0 Å². The van der Waals surface area contributed by atoms with Crippen LogP contribution in [0.25, 0.3) is 0 Å². The molecule has 1 aromatic rings. The van der Waals surface area contributed by atoms with Crippen molar-refractivity contribution in [3.05, 3.63) is 35.6 Å². The first-order chi connectivity index (χ1) is 7.66. The van der Waals surface area contributed by atoms with Crippen molar-refractivity contribution in [3.8, 4) is 0 Å². The SMILES string of the molecule is C[C@H]1CN(Cc2ccccc2F)CC[C@@H]1O. The smallest absolute Gasteiger partial charge is 0.127 e. The Morgan fingerprint density at radius 2 is 2.19 bits per heavy atom. The van der Waals surface area contributed by atoms with E-state index < -0.39 is 0 Å². The average Bonchev–Trinajstić information content (AvgIpc) is 2.27. The maximum absolute atomic E-state index is 13.4. The van der Waals surface area contributed by atoms with Crippen LogP contribution < -0.4 is 0 Å². The summed E-state index contributed by atoms with van der Waals surface area (Å²) in [6, 6.07) is 6.89. The Balaban J connectivity index is 1.98. The van der Waals surface area contributed by atoms with Gasteiger partial charge in [0.15, 0.2) is 0 Å². The first-order valence-corrected chi connectivity index (χ1v) is 5.80. The lowest BCUT2D eigenvalue weighted by molar-refractivity contribution is 0.0316. The number of aliphatic hydroxyl groups is 1. The van der Waals surface area contributed by atoms with Gasteiger partial charge in [-0.1, -0.05) is 25.1 Å². The molecule has 1 aliphatic heterocycles. The number of nitrogens with zero attached hydrogens (tertiary/aromatic N) is 1. The maximum atomic E-state index is 13.4. The summed E-state index contributed by atoms with van der Waals surface area (Å²) in [4.78, 5) is 2.20. The molecule has 2 rings (SSSR count). The van der Waals surface area contributed by atoms with Crippen molar-refractivity contribution in [2.24, 2.45) is 5.92 Å². The van der Waals surface area contributed by atoms with E-state index >= 15 is 0 Å². The van der Waals surface area contributed by atoms with Gasteiger partial charge in [-0.15, -0.1) is 0 Å². The first-order valence-electron chi connectivity index (χ1n) is 5.80. The van der Waals surface area contributed by atoms with E-state index in [1.54, 1.807) is 6.07 Å². The number of hydrogen-bond acceptors (Lipinski definition) is 2. The maximum Gasteiger partial charge on any atom is 0.127 e. The summed E-state index contributed by atoms with van der Waals surface area (Å²) in [6.07, 6.45) is 0.590. The van der Waals surface area contributed by atoms with E-state index in [9.17, 15) is 9.50 Å². The van der Waals surface area contributed by atoms with Crippen LogP contribution in [0.3, 0.4) is 0 Å². The third-order valence-corrected chi connectivity index (χ3v) is 3.30. The zero-order valence-electron chi connectivity index (χ0n) is 9.56. The van der Waals surface area contributed by atoms with E-state index in [1.807, 2.05) is 19.1 Å². The van der Waals surface area contributed by atoms with Crippen LogP contribution >= 0.6 is 0 Å². The number of hydrogen-bond donors (Lipinski definition) is 1. The summed E-state index contributed by atoms with van der Waals surface area (Å²) in [5.74, 6) is 0.141. The summed E-state index contributed by atoms with van der Waals surface area (Å²) in [6.45, 7) is 4.37. The molecular formula is C13H18FNO. The van der Waals surface area contributed by atoms with Crippen LogP contribution in [0, 0.1) is 11.7 Å². The molecule has 0 aliphatic carbocycles. The van der Waals surface area contributed by atoms with Gasteiger partial charge in [-0.05, 0) is 18.4 Å². The number of likely N-dealkylation sites (tertiary alicyclic amines) is 1. The van der Waals surface area contributed by atoms with Gasteiger partial charge in [-0.25, -0.2) is 4.39 Å². The quantitative estimate of drug-likeness (QED) is 0.829. The molecule has 0 bridgehead atoms. The molecule has 16 heavy (non-hydrogen) atoms. The van der Waals surface area contributed by atoms with Crippen molar-refractivity contribution < 1.29 is 9.50 Å². The molecule has 1 heterocycles. The fourth-order valence-corrected chi connectivity index (χ4v) is 2.23. The highest BCUT2D eigenvalue weighted by atomic mass is 19.1. The van der Waals surface area contributed by atoms with Gasteiger partial charge in [-0.3, -0.25) is 4.90 Å². The van der Waals surface area contributed by atoms with Crippen LogP contribution in [0.2, 0.25) is 0 Å². The molecule has 1 aromatic carbocycles.